The molecule has 0 aliphatic rings. The Hall–Kier alpha value is -3.88. The third-order valence-corrected chi connectivity index (χ3v) is 4.76. The molecule has 0 fully saturated rings. The van der Waals surface area contributed by atoms with Crippen LogP contribution in [-0.4, -0.2) is 34.5 Å². The lowest BCUT2D eigenvalue weighted by atomic mass is 10.0. The molecule has 0 spiro atoms. The van der Waals surface area contributed by atoms with E-state index < -0.39 is 0 Å². The minimum absolute atomic E-state index is 0.0556. The van der Waals surface area contributed by atoms with E-state index in [4.69, 9.17) is 10.2 Å². The molecule has 140 valence electrons. The summed E-state index contributed by atoms with van der Waals surface area (Å²) in [5.41, 5.74) is 8.38. The first-order chi connectivity index (χ1) is 13.7. The lowest BCUT2D eigenvalue weighted by Crippen LogP contribution is -2.13. The fraction of sp³-hybridized carbons (Fsp3) is 0.158. The summed E-state index contributed by atoms with van der Waals surface area (Å²) in [6.45, 7) is 2.07. The number of anilines is 1. The first kappa shape index (κ1) is 16.3. The van der Waals surface area contributed by atoms with Gasteiger partial charge in [-0.3, -0.25) is 0 Å². The highest BCUT2D eigenvalue weighted by Gasteiger charge is 2.21. The van der Waals surface area contributed by atoms with Gasteiger partial charge < -0.3 is 15.3 Å². The van der Waals surface area contributed by atoms with Gasteiger partial charge in [-0.25, -0.2) is 9.67 Å². The molecule has 0 saturated heterocycles. The molecule has 1 aromatic carbocycles. The Kier molecular flexibility index (Phi) is 3.54. The zero-order valence-electron chi connectivity index (χ0n) is 15.0. The lowest BCUT2D eigenvalue weighted by Gasteiger charge is -2.17. The molecule has 4 heterocycles. The van der Waals surface area contributed by atoms with Crippen molar-refractivity contribution in [2.24, 2.45) is 0 Å². The Morgan fingerprint density at radius 1 is 1.14 bits per heavy atom. The van der Waals surface area contributed by atoms with Gasteiger partial charge in [-0.05, 0) is 36.2 Å². The summed E-state index contributed by atoms with van der Waals surface area (Å²) in [4.78, 5) is 9.11. The quantitative estimate of drug-likeness (QED) is 0.495. The smallest absolute Gasteiger partial charge is 0.225 e. The molecular weight excluding hydrogens is 358 g/mol. The van der Waals surface area contributed by atoms with Gasteiger partial charge in [0.15, 0.2) is 17.1 Å². The third-order valence-electron chi connectivity index (χ3n) is 4.76. The molecule has 5 rings (SSSR count). The first-order valence-electron chi connectivity index (χ1n) is 8.88. The predicted molar refractivity (Wildman–Crippen MR) is 103 cm³/mol. The molecule has 0 aliphatic carbocycles. The van der Waals surface area contributed by atoms with E-state index in [-0.39, 0.29) is 17.7 Å². The molecule has 0 aliphatic heterocycles. The molecule has 0 bridgehead atoms. The largest absolute Gasteiger partial charge is 0.508 e. The molecule has 9 heteroatoms. The van der Waals surface area contributed by atoms with E-state index in [0.29, 0.717) is 22.9 Å². The van der Waals surface area contributed by atoms with Gasteiger partial charge in [0.25, 0.3) is 0 Å². The van der Waals surface area contributed by atoms with Crippen LogP contribution in [0.4, 0.5) is 5.95 Å². The zero-order valence-corrected chi connectivity index (χ0v) is 15.0. The van der Waals surface area contributed by atoms with Gasteiger partial charge in [-0.15, -0.1) is 5.10 Å². The highest BCUT2D eigenvalue weighted by molar-refractivity contribution is 5.90. The number of nitrogens with two attached hydrogens (primary N) is 1. The van der Waals surface area contributed by atoms with Crippen molar-refractivity contribution in [3.05, 3.63) is 54.4 Å². The van der Waals surface area contributed by atoms with Gasteiger partial charge in [-0.2, -0.15) is 14.6 Å². The summed E-state index contributed by atoms with van der Waals surface area (Å²) in [7, 11) is 0. The average molecular weight is 375 g/mol. The van der Waals surface area contributed by atoms with Crippen LogP contribution in [0.2, 0.25) is 0 Å². The van der Waals surface area contributed by atoms with Crippen molar-refractivity contribution in [2.45, 2.75) is 19.4 Å². The molecule has 1 atom stereocenters. The summed E-state index contributed by atoms with van der Waals surface area (Å²) in [5, 5.41) is 19.3. The second kappa shape index (κ2) is 6.08. The number of furan rings is 1. The maximum atomic E-state index is 9.57. The van der Waals surface area contributed by atoms with Gasteiger partial charge in [0, 0.05) is 0 Å². The van der Waals surface area contributed by atoms with Gasteiger partial charge in [0.1, 0.15) is 5.75 Å². The Balaban J connectivity index is 1.70. The second-order valence-corrected chi connectivity index (χ2v) is 6.46. The van der Waals surface area contributed by atoms with Gasteiger partial charge >= 0.3 is 0 Å². The van der Waals surface area contributed by atoms with Gasteiger partial charge in [0.2, 0.25) is 11.8 Å². The molecule has 4 aromatic heterocycles. The fourth-order valence-electron chi connectivity index (χ4n) is 3.41. The number of phenolic OH excluding ortho intramolecular Hbond substituents is 1. The summed E-state index contributed by atoms with van der Waals surface area (Å²) in [5.74, 6) is 1.43. The number of hydrogen-bond donors (Lipinski definition) is 2. The van der Waals surface area contributed by atoms with E-state index in [1.807, 2.05) is 16.8 Å². The molecule has 9 nitrogen and oxygen atoms in total. The maximum Gasteiger partial charge on any atom is 0.225 e. The summed E-state index contributed by atoms with van der Waals surface area (Å²) >= 11 is 0. The van der Waals surface area contributed by atoms with Crippen LogP contribution in [0.3, 0.4) is 0 Å². The summed E-state index contributed by atoms with van der Waals surface area (Å²) in [6.07, 6.45) is 4.08. The molecule has 0 saturated carbocycles. The minimum atomic E-state index is -0.0556. The second-order valence-electron chi connectivity index (χ2n) is 6.46. The predicted octanol–water partition coefficient (Wildman–Crippen LogP) is 3.02. The summed E-state index contributed by atoms with van der Waals surface area (Å²) < 4.78 is 8.71. The number of phenols is 1. The van der Waals surface area contributed by atoms with Crippen molar-refractivity contribution >= 4 is 22.6 Å². The van der Waals surface area contributed by atoms with Crippen LogP contribution in [0.25, 0.3) is 28.3 Å². The van der Waals surface area contributed by atoms with Gasteiger partial charge in [0.05, 0.1) is 23.9 Å². The Labute approximate surface area is 159 Å². The zero-order chi connectivity index (χ0) is 19.3. The number of aromatic nitrogens is 6. The SMILES string of the molecule is CCC(c1ccc(O)cc1)n1ncc2c1nc(N)n1nc(-c3ccco3)nc21. The van der Waals surface area contributed by atoms with Crippen molar-refractivity contribution in [3.63, 3.8) is 0 Å². The molecule has 3 N–H and O–H groups in total. The maximum absolute atomic E-state index is 9.57. The van der Waals surface area contributed by atoms with Crippen LogP contribution in [0, 0.1) is 0 Å². The normalized spacial score (nSPS) is 12.8. The van der Waals surface area contributed by atoms with Gasteiger partial charge in [-0.1, -0.05) is 19.1 Å². The average Bonchev–Trinajstić information content (AvgIpc) is 3.43. The van der Waals surface area contributed by atoms with E-state index >= 15 is 0 Å². The van der Waals surface area contributed by atoms with Crippen LogP contribution in [-0.2, 0) is 0 Å². The molecular formula is C19H17N7O2. The van der Waals surface area contributed by atoms with Crippen LogP contribution in [0.15, 0.2) is 53.3 Å². The summed E-state index contributed by atoms with van der Waals surface area (Å²) in [6, 6.07) is 10.6. The number of rotatable bonds is 4. The van der Waals surface area contributed by atoms with Crippen LogP contribution >= 0.6 is 0 Å². The highest BCUT2D eigenvalue weighted by Crippen LogP contribution is 2.29. The standard InChI is InChI=1S/C19H17N7O2/c1-2-14(11-5-7-12(27)8-6-11)25-18-13(10-21-25)17-22-16(15-4-3-9-28-15)24-26(17)19(20)23-18/h3-10,14,27H,2H2,1H3,(H2,20,23). The van der Waals surface area contributed by atoms with E-state index in [2.05, 4.69) is 27.1 Å². The fourth-order valence-corrected chi connectivity index (χ4v) is 3.41. The monoisotopic (exact) mass is 375 g/mol. The van der Waals surface area contributed by atoms with Crippen LogP contribution in [0.5, 0.6) is 5.75 Å². The van der Waals surface area contributed by atoms with E-state index in [1.165, 1.54) is 4.52 Å². The Morgan fingerprint density at radius 3 is 2.68 bits per heavy atom. The number of aromatic hydroxyl groups is 1. The minimum Gasteiger partial charge on any atom is -0.508 e. The molecule has 28 heavy (non-hydrogen) atoms. The van der Waals surface area contributed by atoms with Crippen molar-refractivity contribution in [1.29, 1.82) is 0 Å². The number of benzene rings is 1. The van der Waals surface area contributed by atoms with Crippen molar-refractivity contribution in [2.75, 3.05) is 5.73 Å². The van der Waals surface area contributed by atoms with E-state index in [0.717, 1.165) is 17.4 Å². The molecule has 1 unspecified atom stereocenters. The van der Waals surface area contributed by atoms with Crippen molar-refractivity contribution in [3.8, 4) is 17.3 Å². The molecule has 0 amide bonds. The number of nitrogens with zero attached hydrogens (tertiary/aromatic N) is 6. The number of nitrogen functional groups attached to an aromatic ring is 1. The highest BCUT2D eigenvalue weighted by atomic mass is 16.3. The number of hydrogen-bond acceptors (Lipinski definition) is 7. The number of fused-ring (bicyclic) bond motifs is 3. The topological polar surface area (TPSA) is 120 Å². The van der Waals surface area contributed by atoms with Crippen molar-refractivity contribution in [1.82, 2.24) is 29.4 Å². The van der Waals surface area contributed by atoms with Crippen molar-refractivity contribution < 1.29 is 9.52 Å². The lowest BCUT2D eigenvalue weighted by molar-refractivity contribution is 0.473. The Bertz CT molecular complexity index is 1270. The first-order valence-corrected chi connectivity index (χ1v) is 8.88. The Morgan fingerprint density at radius 2 is 1.96 bits per heavy atom. The molecule has 5 aromatic rings. The van der Waals surface area contributed by atoms with E-state index in [1.54, 1.807) is 36.7 Å². The van der Waals surface area contributed by atoms with E-state index in [9.17, 15) is 5.11 Å². The third kappa shape index (κ3) is 2.40. The molecule has 0 radical (unpaired) electrons. The van der Waals surface area contributed by atoms with Crippen LogP contribution in [0.1, 0.15) is 24.9 Å². The van der Waals surface area contributed by atoms with Crippen LogP contribution < -0.4 is 5.73 Å².